The first-order valence-electron chi connectivity index (χ1n) is 39.8. The number of carboxylic acid groups (broad SMARTS) is 2. The number of quaternary nitrogens is 1. The molecular weight excluding hydrogens is 1650 g/mol. The first-order valence-corrected chi connectivity index (χ1v) is 42.8. The van der Waals surface area contributed by atoms with Gasteiger partial charge in [0.15, 0.2) is 5.82 Å². The number of urea groups is 1. The number of rotatable bonds is 45. The van der Waals surface area contributed by atoms with Crippen LogP contribution in [0.5, 0.6) is 23.1 Å². The second kappa shape index (κ2) is 43.7. The number of amides is 9. The number of carboxylic acids is 2. The normalized spacial score (nSPS) is 14.3. The van der Waals surface area contributed by atoms with Gasteiger partial charge in [-0.05, 0) is 121 Å². The summed E-state index contributed by atoms with van der Waals surface area (Å²) in [6.45, 7) is 8.70. The number of methoxy groups -OCH3 is 1. The Balaban J connectivity index is 0.821. The van der Waals surface area contributed by atoms with Gasteiger partial charge in [0.05, 0.1) is 74.8 Å². The molecule has 2 aliphatic rings. The van der Waals surface area contributed by atoms with Crippen LogP contribution < -0.4 is 51.3 Å². The van der Waals surface area contributed by atoms with Crippen molar-refractivity contribution in [3.63, 3.8) is 0 Å². The minimum atomic E-state index is -4.42. The zero-order valence-corrected chi connectivity index (χ0v) is 71.2. The van der Waals surface area contributed by atoms with Crippen LogP contribution in [-0.4, -0.2) is 236 Å². The van der Waals surface area contributed by atoms with E-state index >= 15 is 0 Å². The maximum Gasteiger partial charge on any atom is 0.345 e. The van der Waals surface area contributed by atoms with Crippen molar-refractivity contribution in [2.45, 2.75) is 116 Å². The van der Waals surface area contributed by atoms with Crippen molar-refractivity contribution in [3.8, 4) is 56.1 Å². The van der Waals surface area contributed by atoms with Gasteiger partial charge in [-0.1, -0.05) is 80.0 Å². The summed E-state index contributed by atoms with van der Waals surface area (Å²) in [5.74, 6) is -6.03. The van der Waals surface area contributed by atoms with E-state index in [9.17, 15) is 76.9 Å². The Morgan fingerprint density at radius 1 is 0.748 bits per heavy atom. The fourth-order valence-corrected chi connectivity index (χ4v) is 15.9. The van der Waals surface area contributed by atoms with Crippen LogP contribution >= 0.6 is 30.5 Å². The van der Waals surface area contributed by atoms with E-state index in [1.807, 2.05) is 43.3 Å². The molecule has 4 atom stereocenters. The first kappa shape index (κ1) is 93.4. The molecule has 11 N–H and O–H groups in total. The number of carbonyl (C=O) groups is 10. The van der Waals surface area contributed by atoms with E-state index in [2.05, 4.69) is 53.5 Å². The van der Waals surface area contributed by atoms with Gasteiger partial charge in [0.2, 0.25) is 41.5 Å². The molecule has 3 aromatic heterocycles. The zero-order valence-electron chi connectivity index (χ0n) is 68.7. The number of nitrogens with two attached hydrogens (primary N) is 1. The van der Waals surface area contributed by atoms with Crippen LogP contribution in [0.3, 0.4) is 0 Å². The molecular formula is C85H100ClFN14O20PS+. The Morgan fingerprint density at radius 3 is 2.16 bits per heavy atom. The zero-order chi connectivity index (χ0) is 88.7. The van der Waals surface area contributed by atoms with Crippen molar-refractivity contribution in [1.29, 1.82) is 0 Å². The number of likely N-dealkylation sites (N-methyl/N-ethyl adjacent to an activating group) is 1. The van der Waals surface area contributed by atoms with Crippen molar-refractivity contribution in [1.82, 2.24) is 55.9 Å². The van der Waals surface area contributed by atoms with Crippen LogP contribution in [0.4, 0.5) is 14.9 Å². The molecule has 0 bridgehead atoms. The third-order valence-corrected chi connectivity index (χ3v) is 23.3. The van der Waals surface area contributed by atoms with Crippen LogP contribution in [0.2, 0.25) is 5.02 Å². The average molecular weight is 1760 g/mol. The summed E-state index contributed by atoms with van der Waals surface area (Å²) in [5, 5.41) is 34.8. The number of halogens is 2. The van der Waals surface area contributed by atoms with Gasteiger partial charge in [-0.2, -0.15) is 0 Å². The predicted molar refractivity (Wildman–Crippen MR) is 453 cm³/mol. The summed E-state index contributed by atoms with van der Waals surface area (Å²) in [4.78, 5) is 172. The van der Waals surface area contributed by atoms with E-state index < -0.39 is 109 Å². The summed E-state index contributed by atoms with van der Waals surface area (Å²) >= 11 is 8.59. The molecule has 8 aromatic rings. The SMILES string of the molecule is COc1ccccc1-c1nccc(COc2ccccc2C[C@@H](Oc2ncnc3sc(-c4ccc(F)cc4)c(-c4ccc(OCCN5CC[N+](C)(Cc6ccc(NC(=O)[C@H](CCCNC(N)=O)NC(=O)[C@@H](NC(=O)CCOCCN7C(=O)C=CC7=O)C(C)C)cc6CN(C)C(=O)CC[C@H](NC(=O)CCCP(=O)(O)O)C(=O)O)CC5)c(Cl)c4C)c23)C(=O)O)n1. The molecule has 38 heteroatoms. The van der Waals surface area contributed by atoms with E-state index in [1.54, 1.807) is 87.8 Å². The number of anilines is 1. The number of aliphatic carboxylic acids is 2. The van der Waals surface area contributed by atoms with Gasteiger partial charge in [-0.25, -0.2) is 38.7 Å². The number of thiophene rings is 1. The molecule has 10 rings (SSSR count). The Kier molecular flexibility index (Phi) is 33.2. The fourth-order valence-electron chi connectivity index (χ4n) is 14.0. The topological polar surface area (TPSA) is 462 Å². The number of nitrogens with one attached hydrogen (secondary N) is 5. The van der Waals surface area contributed by atoms with Gasteiger partial charge in [-0.3, -0.25) is 47.9 Å². The number of ether oxygens (including phenoxy) is 5. The van der Waals surface area contributed by atoms with Crippen molar-refractivity contribution >= 4 is 106 Å². The number of benzene rings is 5. The lowest BCUT2D eigenvalue weighted by atomic mass is 9.96. The van der Waals surface area contributed by atoms with Crippen LogP contribution in [0.15, 0.2) is 134 Å². The van der Waals surface area contributed by atoms with Crippen LogP contribution in [0.25, 0.3) is 43.2 Å². The molecule has 5 heterocycles. The van der Waals surface area contributed by atoms with Gasteiger partial charge >= 0.3 is 25.6 Å². The molecule has 5 aromatic carbocycles. The maximum atomic E-state index is 14.6. The van der Waals surface area contributed by atoms with Gasteiger partial charge in [-0.15, -0.1) is 11.3 Å². The van der Waals surface area contributed by atoms with E-state index in [0.717, 1.165) is 22.6 Å². The molecule has 34 nitrogen and oxygen atoms in total. The number of hydrogen-bond donors (Lipinski definition) is 10. The minimum Gasteiger partial charge on any atom is -0.496 e. The highest BCUT2D eigenvalue weighted by Crippen LogP contribution is 2.50. The van der Waals surface area contributed by atoms with E-state index in [-0.39, 0.29) is 109 Å². The van der Waals surface area contributed by atoms with Gasteiger partial charge in [0, 0.05) is 105 Å². The van der Waals surface area contributed by atoms with Crippen molar-refractivity contribution in [2.75, 3.05) is 98.3 Å². The number of piperazine rings is 1. The number of primary amides is 1. The van der Waals surface area contributed by atoms with Crippen LogP contribution in [-0.2, 0) is 78.6 Å². The fraction of sp³-hybridized carbons (Fsp3) is 0.388. The average Bonchev–Trinajstić information content (AvgIpc) is 1.57. The number of nitrogens with zero attached hydrogens (tertiary/aromatic N) is 8. The monoisotopic (exact) mass is 1750 g/mol. The van der Waals surface area contributed by atoms with Crippen LogP contribution in [0.1, 0.15) is 86.7 Å². The summed E-state index contributed by atoms with van der Waals surface area (Å²) in [7, 11) is 0.746. The first-order chi connectivity index (χ1) is 58.7. The smallest absolute Gasteiger partial charge is 0.345 e. The molecule has 0 saturated carbocycles. The lowest BCUT2D eigenvalue weighted by Gasteiger charge is -2.42. The Bertz CT molecular complexity index is 5230. The molecule has 123 heavy (non-hydrogen) atoms. The third-order valence-electron chi connectivity index (χ3n) is 20.8. The second-order valence-electron chi connectivity index (χ2n) is 30.3. The maximum absolute atomic E-state index is 14.6. The third kappa shape index (κ3) is 26.6. The van der Waals surface area contributed by atoms with Crippen LogP contribution in [0, 0.1) is 18.7 Å². The summed E-state index contributed by atoms with van der Waals surface area (Å²) in [6, 6.07) is 26.1. The Hall–Kier alpha value is -11.9. The molecule has 0 aliphatic carbocycles. The molecule has 9 amide bonds. The number of hydrogen-bond acceptors (Lipinski definition) is 22. The summed E-state index contributed by atoms with van der Waals surface area (Å²) in [6.07, 6.45) is 1.69. The largest absolute Gasteiger partial charge is 0.496 e. The van der Waals surface area contributed by atoms with Gasteiger partial charge < -0.3 is 85.4 Å². The number of fused-ring (bicyclic) bond motifs is 1. The molecule has 0 spiro atoms. The molecule has 0 unspecified atom stereocenters. The van der Waals surface area contributed by atoms with Crippen molar-refractivity contribution < 1.29 is 105 Å². The highest BCUT2D eigenvalue weighted by atomic mass is 35.5. The predicted octanol–water partition coefficient (Wildman–Crippen LogP) is 8.20. The van der Waals surface area contributed by atoms with E-state index in [4.69, 9.17) is 46.0 Å². The quantitative estimate of drug-likeness (QED) is 0.00743. The lowest BCUT2D eigenvalue weighted by molar-refractivity contribution is -0.926. The van der Waals surface area contributed by atoms with E-state index in [0.29, 0.717) is 132 Å². The number of imide groups is 1. The Morgan fingerprint density at radius 2 is 1.46 bits per heavy atom. The Labute approximate surface area is 717 Å². The highest BCUT2D eigenvalue weighted by molar-refractivity contribution is 7.51. The van der Waals surface area contributed by atoms with Gasteiger partial charge in [0.25, 0.3) is 11.8 Å². The molecule has 0 radical (unpaired) electrons. The summed E-state index contributed by atoms with van der Waals surface area (Å²) in [5.41, 5.74) is 11.1. The second-order valence-corrected chi connectivity index (χ2v) is 33.4. The molecule has 654 valence electrons. The van der Waals surface area contributed by atoms with Gasteiger partial charge in [0.1, 0.15) is 72.1 Å². The van der Waals surface area contributed by atoms with Crippen molar-refractivity contribution in [3.05, 3.63) is 173 Å². The minimum absolute atomic E-state index is 0.0147. The molecule has 2 aliphatic heterocycles. The summed E-state index contributed by atoms with van der Waals surface area (Å²) < 4.78 is 56.8. The lowest BCUT2D eigenvalue weighted by Crippen LogP contribution is -2.57. The number of aromatic nitrogens is 4. The van der Waals surface area contributed by atoms with Crippen molar-refractivity contribution in [2.24, 2.45) is 11.7 Å². The van der Waals surface area contributed by atoms with E-state index in [1.165, 1.54) is 41.7 Å². The standard InChI is InChI=1S/C85H99ClFN14O20PS/c1-51(2)76(97-69(103)32-41-118-42-38-100-71(105)29-30-72(100)106)80(108)96-62(15-11-33-90-85(88)113)79(107)94-58-24-21-55(56(45-58)47-98(4)70(104)28-26-63(83(109)110)95-68(102)18-12-44-122(114,115)116)48-101(5)39-35-99(36-40-101)37-43-119-66-27-25-60(52(3)75(66)86)73-74-81(91-50-92-82(74)123-77(73)53-19-22-57(87)23-20-53)121-67(84(111)112)46-54-13-7-9-16-64(54)120-49-59-31-34-89-78(93-59)61-14-8-10-17-65(61)117-6/h7-10,13-14,16-17,19-25,27,29-31,34,45,50-51,62-63,67,76H,11-12,15,18,26,28,32-33,35-44,46-49H2,1-6H3,(H10-,88,90,94,95,96,97,102,103,107,108,109,110,111,112,113,114,115,116)/p+1/t62-,63-,67+,76-/m0/s1. The number of carbonyl (C=O) groups excluding carboxylic acids is 8. The molecule has 1 saturated heterocycles. The number of para-hydroxylation sites is 2. The highest BCUT2D eigenvalue weighted by Gasteiger charge is 2.35. The molecule has 1 fully saturated rings.